The molecule has 128 valence electrons. The second-order valence-corrected chi connectivity index (χ2v) is 7.10. The van der Waals surface area contributed by atoms with Crippen LogP contribution in [0.15, 0.2) is 29.2 Å². The minimum Gasteiger partial charge on any atom is -0.480 e. The van der Waals surface area contributed by atoms with E-state index in [-0.39, 0.29) is 22.8 Å². The van der Waals surface area contributed by atoms with Crippen molar-refractivity contribution in [3.05, 3.63) is 29.8 Å². The summed E-state index contributed by atoms with van der Waals surface area (Å²) in [6.45, 7) is 1.89. The Hall–Kier alpha value is -1.93. The van der Waals surface area contributed by atoms with Gasteiger partial charge in [-0.2, -0.15) is 4.72 Å². The number of hydrogen-bond acceptors (Lipinski definition) is 4. The molecule has 1 aromatic carbocycles. The zero-order valence-corrected chi connectivity index (χ0v) is 14.3. The van der Waals surface area contributed by atoms with E-state index in [0.717, 1.165) is 6.42 Å². The number of carboxylic acids is 1. The van der Waals surface area contributed by atoms with Gasteiger partial charge in [-0.05, 0) is 24.6 Å². The van der Waals surface area contributed by atoms with Crippen molar-refractivity contribution in [1.29, 1.82) is 0 Å². The number of amides is 1. The van der Waals surface area contributed by atoms with E-state index >= 15 is 0 Å². The van der Waals surface area contributed by atoms with Gasteiger partial charge >= 0.3 is 5.97 Å². The zero-order chi connectivity index (χ0) is 17.6. The van der Waals surface area contributed by atoms with Crippen LogP contribution in [0.3, 0.4) is 0 Å². The number of hydrogen-bond donors (Lipinski definition) is 2. The SMILES string of the molecule is CCCC[C@H](NS(=O)(=O)c1cccc(C(=O)N(C)C)c1)C(=O)O. The quantitative estimate of drug-likeness (QED) is 0.741. The second kappa shape index (κ2) is 8.07. The molecule has 2 N–H and O–H groups in total. The summed E-state index contributed by atoms with van der Waals surface area (Å²) in [5, 5.41) is 9.14. The largest absolute Gasteiger partial charge is 0.480 e. The van der Waals surface area contributed by atoms with Gasteiger partial charge in [0, 0.05) is 19.7 Å². The lowest BCUT2D eigenvalue weighted by molar-refractivity contribution is -0.139. The molecule has 0 aromatic heterocycles. The van der Waals surface area contributed by atoms with Crippen LogP contribution in [0.1, 0.15) is 36.5 Å². The van der Waals surface area contributed by atoms with Crippen LogP contribution >= 0.6 is 0 Å². The number of nitrogens with one attached hydrogen (secondary N) is 1. The number of carboxylic acid groups (broad SMARTS) is 1. The monoisotopic (exact) mass is 342 g/mol. The lowest BCUT2D eigenvalue weighted by Gasteiger charge is -2.15. The highest BCUT2D eigenvalue weighted by atomic mass is 32.2. The van der Waals surface area contributed by atoms with Crippen molar-refractivity contribution in [3.8, 4) is 0 Å². The van der Waals surface area contributed by atoms with Crippen molar-refractivity contribution in [2.45, 2.75) is 37.1 Å². The van der Waals surface area contributed by atoms with Crippen LogP contribution in [0, 0.1) is 0 Å². The summed E-state index contributed by atoms with van der Waals surface area (Å²) < 4.78 is 26.9. The zero-order valence-electron chi connectivity index (χ0n) is 13.4. The van der Waals surface area contributed by atoms with Gasteiger partial charge < -0.3 is 10.0 Å². The summed E-state index contributed by atoms with van der Waals surface area (Å²) in [6.07, 6.45) is 1.57. The molecule has 1 atom stereocenters. The van der Waals surface area contributed by atoms with E-state index < -0.39 is 22.0 Å². The smallest absolute Gasteiger partial charge is 0.321 e. The summed E-state index contributed by atoms with van der Waals surface area (Å²) in [4.78, 5) is 24.3. The van der Waals surface area contributed by atoms with Crippen molar-refractivity contribution in [2.75, 3.05) is 14.1 Å². The Labute approximate surface area is 136 Å². The van der Waals surface area contributed by atoms with E-state index in [9.17, 15) is 18.0 Å². The van der Waals surface area contributed by atoms with Crippen LogP contribution in [0.2, 0.25) is 0 Å². The molecule has 1 aromatic rings. The number of carbonyl (C=O) groups excluding carboxylic acids is 1. The van der Waals surface area contributed by atoms with E-state index in [1.807, 2.05) is 6.92 Å². The minimum atomic E-state index is -4.02. The number of aliphatic carboxylic acids is 1. The van der Waals surface area contributed by atoms with Gasteiger partial charge in [-0.3, -0.25) is 9.59 Å². The topological polar surface area (TPSA) is 104 Å². The maximum atomic E-state index is 12.4. The molecular formula is C15H22N2O5S. The van der Waals surface area contributed by atoms with Crippen molar-refractivity contribution >= 4 is 21.9 Å². The summed E-state index contributed by atoms with van der Waals surface area (Å²) in [5.74, 6) is -1.55. The van der Waals surface area contributed by atoms with E-state index in [2.05, 4.69) is 4.72 Å². The number of rotatable bonds is 8. The number of sulfonamides is 1. The van der Waals surface area contributed by atoms with Gasteiger partial charge in [0.1, 0.15) is 6.04 Å². The molecule has 0 aliphatic heterocycles. The molecule has 0 unspecified atom stereocenters. The Morgan fingerprint density at radius 2 is 1.96 bits per heavy atom. The molecule has 0 spiro atoms. The maximum Gasteiger partial charge on any atom is 0.321 e. The third kappa shape index (κ3) is 5.33. The summed E-state index contributed by atoms with van der Waals surface area (Å²) in [5.41, 5.74) is 0.221. The molecule has 0 bridgehead atoms. The first-order valence-electron chi connectivity index (χ1n) is 7.26. The predicted molar refractivity (Wildman–Crippen MR) is 85.7 cm³/mol. The molecule has 0 aliphatic carbocycles. The van der Waals surface area contributed by atoms with E-state index in [1.165, 1.54) is 29.2 Å². The van der Waals surface area contributed by atoms with Crippen molar-refractivity contribution < 1.29 is 23.1 Å². The summed E-state index contributed by atoms with van der Waals surface area (Å²) in [6, 6.07) is 4.34. The third-order valence-electron chi connectivity index (χ3n) is 3.24. The Morgan fingerprint density at radius 3 is 2.48 bits per heavy atom. The van der Waals surface area contributed by atoms with E-state index in [0.29, 0.717) is 6.42 Å². The molecule has 8 heteroatoms. The average molecular weight is 342 g/mol. The lowest BCUT2D eigenvalue weighted by Crippen LogP contribution is -2.40. The standard InChI is InChI=1S/C15H22N2O5S/c1-4-5-9-13(15(19)20)16-23(21,22)12-8-6-7-11(10-12)14(18)17(2)3/h6-8,10,13,16H,4-5,9H2,1-3H3,(H,19,20)/t13-/m0/s1. The van der Waals surface area contributed by atoms with Crippen LogP contribution in [-0.2, 0) is 14.8 Å². The van der Waals surface area contributed by atoms with Gasteiger partial charge in [0.2, 0.25) is 10.0 Å². The normalized spacial score (nSPS) is 12.7. The lowest BCUT2D eigenvalue weighted by atomic mass is 10.1. The molecule has 0 saturated heterocycles. The van der Waals surface area contributed by atoms with Crippen LogP contribution in [0.4, 0.5) is 0 Å². The van der Waals surface area contributed by atoms with Crippen LogP contribution in [0.25, 0.3) is 0 Å². The fourth-order valence-electron chi connectivity index (χ4n) is 1.95. The molecule has 1 rings (SSSR count). The van der Waals surface area contributed by atoms with Gasteiger partial charge in [-0.25, -0.2) is 8.42 Å². The fourth-order valence-corrected chi connectivity index (χ4v) is 3.22. The van der Waals surface area contributed by atoms with Gasteiger partial charge in [0.25, 0.3) is 5.91 Å². The van der Waals surface area contributed by atoms with Gasteiger partial charge in [0.05, 0.1) is 4.90 Å². The van der Waals surface area contributed by atoms with Gasteiger partial charge in [-0.15, -0.1) is 0 Å². The van der Waals surface area contributed by atoms with E-state index in [1.54, 1.807) is 14.1 Å². The number of nitrogens with zero attached hydrogens (tertiary/aromatic N) is 1. The Bertz CT molecular complexity index is 670. The van der Waals surface area contributed by atoms with Crippen molar-refractivity contribution in [3.63, 3.8) is 0 Å². The summed E-state index contributed by atoms with van der Waals surface area (Å²) >= 11 is 0. The molecule has 0 aliphatic rings. The van der Waals surface area contributed by atoms with Gasteiger partial charge in [0.15, 0.2) is 0 Å². The first-order valence-corrected chi connectivity index (χ1v) is 8.74. The molecule has 23 heavy (non-hydrogen) atoms. The highest BCUT2D eigenvalue weighted by Crippen LogP contribution is 2.14. The van der Waals surface area contributed by atoms with Crippen molar-refractivity contribution in [1.82, 2.24) is 9.62 Å². The van der Waals surface area contributed by atoms with Gasteiger partial charge in [-0.1, -0.05) is 25.8 Å². The number of unbranched alkanes of at least 4 members (excludes halogenated alkanes) is 1. The van der Waals surface area contributed by atoms with Crippen molar-refractivity contribution in [2.24, 2.45) is 0 Å². The maximum absolute atomic E-state index is 12.4. The third-order valence-corrected chi connectivity index (χ3v) is 4.71. The van der Waals surface area contributed by atoms with Crippen LogP contribution in [0.5, 0.6) is 0 Å². The minimum absolute atomic E-state index is 0.132. The molecule has 7 nitrogen and oxygen atoms in total. The highest BCUT2D eigenvalue weighted by molar-refractivity contribution is 7.89. The molecule has 0 saturated carbocycles. The molecule has 0 heterocycles. The fraction of sp³-hybridized carbons (Fsp3) is 0.467. The Morgan fingerprint density at radius 1 is 1.30 bits per heavy atom. The van der Waals surface area contributed by atoms with Crippen LogP contribution in [-0.4, -0.2) is 50.4 Å². The number of benzene rings is 1. The summed E-state index contributed by atoms with van der Waals surface area (Å²) in [7, 11) is -0.893. The molecule has 0 radical (unpaired) electrons. The first kappa shape index (κ1) is 19.1. The average Bonchev–Trinajstić information content (AvgIpc) is 2.50. The Kier molecular flexibility index (Phi) is 6.71. The second-order valence-electron chi connectivity index (χ2n) is 5.38. The Balaban J connectivity index is 3.06. The van der Waals surface area contributed by atoms with Crippen LogP contribution < -0.4 is 4.72 Å². The molecule has 1 amide bonds. The highest BCUT2D eigenvalue weighted by Gasteiger charge is 2.25. The molecule has 0 fully saturated rings. The van der Waals surface area contributed by atoms with E-state index in [4.69, 9.17) is 5.11 Å². The predicted octanol–water partition coefficient (Wildman–Crippen LogP) is 1.31. The number of carbonyl (C=O) groups is 2. The first-order chi connectivity index (χ1) is 10.7. The molecular weight excluding hydrogens is 320 g/mol.